The van der Waals surface area contributed by atoms with Crippen LogP contribution in [0.1, 0.15) is 6.92 Å². The van der Waals surface area contributed by atoms with Gasteiger partial charge in [-0.3, -0.25) is 0 Å². The fourth-order valence-electron chi connectivity index (χ4n) is 2.12. The predicted molar refractivity (Wildman–Crippen MR) is 94.5 cm³/mol. The second-order valence-electron chi connectivity index (χ2n) is 5.55. The number of rotatable bonds is 6. The largest absolute Gasteiger partial charge is 0.489 e. The van der Waals surface area contributed by atoms with E-state index in [9.17, 15) is 0 Å². The van der Waals surface area contributed by atoms with Crippen LogP contribution in [-0.4, -0.2) is 31.6 Å². The first-order valence-electron chi connectivity index (χ1n) is 7.18. The second-order valence-corrected chi connectivity index (χ2v) is 6.70. The van der Waals surface area contributed by atoms with E-state index < -0.39 is 0 Å². The van der Waals surface area contributed by atoms with Crippen LogP contribution in [-0.2, 0) is 0 Å². The molecule has 0 fully saturated rings. The molecule has 0 amide bonds. The van der Waals surface area contributed by atoms with Gasteiger partial charge in [0.2, 0.25) is 0 Å². The first-order valence-corrected chi connectivity index (χ1v) is 8.00. The number of nitrogens with two attached hydrogens (primary N) is 2. The molecule has 0 aliphatic heterocycles. The molecule has 4 N–H and O–H groups in total. The number of hydrogen-bond donors (Lipinski definition) is 2. The number of anilines is 2. The van der Waals surface area contributed by atoms with Crippen LogP contribution in [0.4, 0.5) is 11.4 Å². The highest BCUT2D eigenvalue weighted by molar-refractivity contribution is 7.99. The molecule has 0 radical (unpaired) electrons. The minimum Gasteiger partial charge on any atom is -0.489 e. The van der Waals surface area contributed by atoms with Gasteiger partial charge in [0, 0.05) is 16.3 Å². The Balaban J connectivity index is 1.98. The molecule has 1 unspecified atom stereocenters. The van der Waals surface area contributed by atoms with Crippen LogP contribution >= 0.6 is 11.8 Å². The van der Waals surface area contributed by atoms with E-state index in [4.69, 9.17) is 16.2 Å². The lowest BCUT2D eigenvalue weighted by Crippen LogP contribution is -2.27. The smallest absolute Gasteiger partial charge is 0.119 e. The summed E-state index contributed by atoms with van der Waals surface area (Å²) in [6.07, 6.45) is 0.158. The summed E-state index contributed by atoms with van der Waals surface area (Å²) >= 11 is 1.65. The molecule has 22 heavy (non-hydrogen) atoms. The van der Waals surface area contributed by atoms with E-state index in [1.54, 1.807) is 11.8 Å². The Labute approximate surface area is 136 Å². The third-order valence-electron chi connectivity index (χ3n) is 3.08. The Morgan fingerprint density at radius 3 is 2.23 bits per heavy atom. The number of benzene rings is 2. The average molecular weight is 317 g/mol. The molecule has 4 nitrogen and oxygen atoms in total. The van der Waals surface area contributed by atoms with Crippen LogP contribution in [0.15, 0.2) is 52.3 Å². The number of ether oxygens (including phenoxy) is 1. The molecule has 0 aromatic heterocycles. The van der Waals surface area contributed by atoms with Gasteiger partial charge < -0.3 is 21.1 Å². The van der Waals surface area contributed by atoms with E-state index in [1.807, 2.05) is 44.4 Å². The molecule has 2 aromatic carbocycles. The Kier molecular flexibility index (Phi) is 5.57. The average Bonchev–Trinajstić information content (AvgIpc) is 2.44. The van der Waals surface area contributed by atoms with Gasteiger partial charge in [-0.25, -0.2) is 0 Å². The van der Waals surface area contributed by atoms with Gasteiger partial charge in [0.1, 0.15) is 11.9 Å². The highest BCUT2D eigenvalue weighted by Gasteiger charge is 2.06. The van der Waals surface area contributed by atoms with Gasteiger partial charge in [-0.05, 0) is 63.5 Å². The Hall–Kier alpha value is -1.85. The second kappa shape index (κ2) is 7.42. The van der Waals surface area contributed by atoms with Crippen molar-refractivity contribution in [2.24, 2.45) is 0 Å². The zero-order valence-electron chi connectivity index (χ0n) is 13.2. The van der Waals surface area contributed by atoms with Crippen molar-refractivity contribution in [3.05, 3.63) is 42.5 Å². The molecular weight excluding hydrogens is 294 g/mol. The van der Waals surface area contributed by atoms with Crippen molar-refractivity contribution in [3.8, 4) is 5.75 Å². The molecule has 0 saturated heterocycles. The molecular formula is C17H23N3OS. The van der Waals surface area contributed by atoms with Gasteiger partial charge in [-0.2, -0.15) is 0 Å². The molecule has 118 valence electrons. The molecule has 5 heteroatoms. The normalized spacial score (nSPS) is 12.4. The summed E-state index contributed by atoms with van der Waals surface area (Å²) in [6.45, 7) is 2.96. The highest BCUT2D eigenvalue weighted by Crippen LogP contribution is 2.31. The summed E-state index contributed by atoms with van der Waals surface area (Å²) in [4.78, 5) is 4.32. The lowest BCUT2D eigenvalue weighted by molar-refractivity contribution is 0.177. The van der Waals surface area contributed by atoms with E-state index in [2.05, 4.69) is 24.0 Å². The van der Waals surface area contributed by atoms with Gasteiger partial charge in [-0.1, -0.05) is 11.8 Å². The fraction of sp³-hybridized carbons (Fsp3) is 0.294. The lowest BCUT2D eigenvalue weighted by Gasteiger charge is -2.18. The van der Waals surface area contributed by atoms with Gasteiger partial charge in [0.25, 0.3) is 0 Å². The van der Waals surface area contributed by atoms with Crippen LogP contribution in [0.5, 0.6) is 5.75 Å². The minimum absolute atomic E-state index is 0.158. The van der Waals surface area contributed by atoms with Gasteiger partial charge >= 0.3 is 0 Å². The number of likely N-dealkylation sites (N-methyl/N-ethyl adjacent to an activating group) is 1. The maximum absolute atomic E-state index is 5.88. The number of nitrogen functional groups attached to an aromatic ring is 2. The topological polar surface area (TPSA) is 64.5 Å². The van der Waals surface area contributed by atoms with Crippen molar-refractivity contribution in [2.45, 2.75) is 22.8 Å². The van der Waals surface area contributed by atoms with Crippen molar-refractivity contribution >= 4 is 23.1 Å². The van der Waals surface area contributed by atoms with Crippen molar-refractivity contribution < 1.29 is 4.74 Å². The third kappa shape index (κ3) is 4.86. The maximum Gasteiger partial charge on any atom is 0.119 e. The first kappa shape index (κ1) is 16.5. The molecule has 0 saturated carbocycles. The third-order valence-corrected chi connectivity index (χ3v) is 4.07. The summed E-state index contributed by atoms with van der Waals surface area (Å²) in [5.41, 5.74) is 12.8. The van der Waals surface area contributed by atoms with E-state index >= 15 is 0 Å². The molecule has 2 aromatic rings. The minimum atomic E-state index is 0.158. The molecule has 0 aliphatic carbocycles. The molecule has 2 rings (SSSR count). The Morgan fingerprint density at radius 1 is 1.00 bits per heavy atom. The zero-order chi connectivity index (χ0) is 16.1. The molecule has 0 heterocycles. The van der Waals surface area contributed by atoms with Crippen LogP contribution in [0.25, 0.3) is 0 Å². The Morgan fingerprint density at radius 2 is 1.64 bits per heavy atom. The van der Waals surface area contributed by atoms with E-state index in [-0.39, 0.29) is 6.10 Å². The summed E-state index contributed by atoms with van der Waals surface area (Å²) in [5, 5.41) is 0. The lowest BCUT2D eigenvalue weighted by atomic mass is 10.3. The maximum atomic E-state index is 5.88. The summed E-state index contributed by atoms with van der Waals surface area (Å²) in [5.74, 6) is 0.885. The molecule has 0 spiro atoms. The SMILES string of the molecule is CC(CN(C)C)Oc1ccc(Sc2ccc(N)c(N)c2)cc1. The summed E-state index contributed by atoms with van der Waals surface area (Å²) in [7, 11) is 4.08. The number of hydrogen-bond acceptors (Lipinski definition) is 5. The Bertz CT molecular complexity index is 614. The monoisotopic (exact) mass is 317 g/mol. The van der Waals surface area contributed by atoms with Gasteiger partial charge in [0.05, 0.1) is 11.4 Å². The van der Waals surface area contributed by atoms with E-state index in [1.165, 1.54) is 0 Å². The van der Waals surface area contributed by atoms with E-state index in [0.717, 1.165) is 22.1 Å². The van der Waals surface area contributed by atoms with Crippen molar-refractivity contribution in [3.63, 3.8) is 0 Å². The van der Waals surface area contributed by atoms with Crippen LogP contribution in [0, 0.1) is 0 Å². The van der Waals surface area contributed by atoms with Crippen molar-refractivity contribution in [1.82, 2.24) is 4.90 Å². The van der Waals surface area contributed by atoms with Crippen LogP contribution in [0.2, 0.25) is 0 Å². The standard InChI is InChI=1S/C17H23N3OS/c1-12(11-20(2)3)21-13-4-6-14(7-5-13)22-15-8-9-16(18)17(19)10-15/h4-10,12H,11,18-19H2,1-3H3. The van der Waals surface area contributed by atoms with Crippen molar-refractivity contribution in [1.29, 1.82) is 0 Å². The number of nitrogens with zero attached hydrogens (tertiary/aromatic N) is 1. The molecule has 0 bridgehead atoms. The van der Waals surface area contributed by atoms with Crippen molar-refractivity contribution in [2.75, 3.05) is 32.1 Å². The van der Waals surface area contributed by atoms with Crippen LogP contribution < -0.4 is 16.2 Å². The first-order chi connectivity index (χ1) is 10.4. The van der Waals surface area contributed by atoms with E-state index in [0.29, 0.717) is 11.4 Å². The summed E-state index contributed by atoms with van der Waals surface area (Å²) < 4.78 is 5.88. The molecule has 1 atom stereocenters. The zero-order valence-corrected chi connectivity index (χ0v) is 14.1. The molecule has 0 aliphatic rings. The predicted octanol–water partition coefficient (Wildman–Crippen LogP) is 3.33. The quantitative estimate of drug-likeness (QED) is 0.800. The summed E-state index contributed by atoms with van der Waals surface area (Å²) in [6, 6.07) is 13.8. The highest BCUT2D eigenvalue weighted by atomic mass is 32.2. The van der Waals surface area contributed by atoms with Crippen LogP contribution in [0.3, 0.4) is 0 Å². The van der Waals surface area contributed by atoms with Gasteiger partial charge in [0.15, 0.2) is 0 Å². The fourth-order valence-corrected chi connectivity index (χ4v) is 2.99. The van der Waals surface area contributed by atoms with Gasteiger partial charge in [-0.15, -0.1) is 0 Å².